The van der Waals surface area contributed by atoms with Gasteiger partial charge in [0.05, 0.1) is 0 Å². The van der Waals surface area contributed by atoms with E-state index in [4.69, 9.17) is 5.11 Å². The lowest BCUT2D eigenvalue weighted by Crippen LogP contribution is -2.26. The molecule has 4 nitrogen and oxygen atoms in total. The van der Waals surface area contributed by atoms with E-state index in [0.29, 0.717) is 6.42 Å². The Bertz CT molecular complexity index is 409. The van der Waals surface area contributed by atoms with E-state index in [-0.39, 0.29) is 11.6 Å². The molecule has 0 radical (unpaired) electrons. The first-order valence-corrected chi connectivity index (χ1v) is 6.23. The standard InChI is InChI=1S/C12H15NO3S/c1-2-10(12(15)16)13-11(14)7-3-5-9-6-4-8-17-9/h2,4,6,8H,3,5,7H2,1H3,(H,13,14)(H,15,16). The van der Waals surface area contributed by atoms with Crippen LogP contribution in [-0.4, -0.2) is 17.0 Å². The Kier molecular flexibility index (Phi) is 5.42. The molecule has 0 aromatic carbocycles. The van der Waals surface area contributed by atoms with Crippen molar-refractivity contribution in [1.29, 1.82) is 0 Å². The van der Waals surface area contributed by atoms with E-state index < -0.39 is 5.97 Å². The Morgan fingerprint density at radius 2 is 2.29 bits per heavy atom. The number of carboxylic acids is 1. The Balaban J connectivity index is 2.28. The second-order valence-corrected chi connectivity index (χ2v) is 4.52. The summed E-state index contributed by atoms with van der Waals surface area (Å²) in [6.45, 7) is 1.58. The molecule has 17 heavy (non-hydrogen) atoms. The van der Waals surface area contributed by atoms with Gasteiger partial charge in [-0.2, -0.15) is 0 Å². The van der Waals surface area contributed by atoms with Gasteiger partial charge < -0.3 is 10.4 Å². The zero-order valence-corrected chi connectivity index (χ0v) is 10.4. The Hall–Kier alpha value is -1.62. The van der Waals surface area contributed by atoms with Crippen LogP contribution in [0.5, 0.6) is 0 Å². The summed E-state index contributed by atoms with van der Waals surface area (Å²) in [6.07, 6.45) is 3.29. The maximum atomic E-state index is 11.4. The average Bonchev–Trinajstić information content (AvgIpc) is 2.78. The van der Waals surface area contributed by atoms with E-state index in [1.165, 1.54) is 11.0 Å². The third-order valence-electron chi connectivity index (χ3n) is 2.20. The summed E-state index contributed by atoms with van der Waals surface area (Å²) in [5, 5.41) is 13.1. The number of aliphatic carboxylic acids is 1. The second-order valence-electron chi connectivity index (χ2n) is 3.49. The molecule has 1 aromatic rings. The van der Waals surface area contributed by atoms with Crippen molar-refractivity contribution in [2.45, 2.75) is 26.2 Å². The first-order chi connectivity index (χ1) is 8.13. The molecule has 0 aliphatic rings. The molecular formula is C12H15NO3S. The lowest BCUT2D eigenvalue weighted by atomic mass is 10.2. The lowest BCUT2D eigenvalue weighted by Gasteiger charge is -2.04. The molecule has 0 saturated heterocycles. The smallest absolute Gasteiger partial charge is 0.352 e. The topological polar surface area (TPSA) is 66.4 Å². The number of rotatable bonds is 6. The third kappa shape index (κ3) is 4.82. The summed E-state index contributed by atoms with van der Waals surface area (Å²) < 4.78 is 0. The van der Waals surface area contributed by atoms with Crippen LogP contribution in [0.3, 0.4) is 0 Å². The quantitative estimate of drug-likeness (QED) is 0.764. The van der Waals surface area contributed by atoms with E-state index >= 15 is 0 Å². The summed E-state index contributed by atoms with van der Waals surface area (Å²) in [7, 11) is 0. The summed E-state index contributed by atoms with van der Waals surface area (Å²) in [6, 6.07) is 4.00. The number of nitrogens with one attached hydrogen (secondary N) is 1. The zero-order chi connectivity index (χ0) is 12.7. The number of carboxylic acid groups (broad SMARTS) is 1. The van der Waals surface area contributed by atoms with Crippen LogP contribution in [0.1, 0.15) is 24.6 Å². The van der Waals surface area contributed by atoms with Gasteiger partial charge in [-0.25, -0.2) is 4.79 Å². The van der Waals surface area contributed by atoms with E-state index in [9.17, 15) is 9.59 Å². The van der Waals surface area contributed by atoms with Crippen LogP contribution in [0.2, 0.25) is 0 Å². The van der Waals surface area contributed by atoms with Gasteiger partial charge in [-0.3, -0.25) is 4.79 Å². The molecule has 5 heteroatoms. The first-order valence-electron chi connectivity index (χ1n) is 5.35. The fourth-order valence-electron chi connectivity index (χ4n) is 1.34. The molecule has 0 bridgehead atoms. The maximum Gasteiger partial charge on any atom is 0.352 e. The van der Waals surface area contributed by atoms with Crippen LogP contribution >= 0.6 is 11.3 Å². The van der Waals surface area contributed by atoms with Gasteiger partial charge in [0.15, 0.2) is 0 Å². The number of hydrogen-bond acceptors (Lipinski definition) is 3. The third-order valence-corrected chi connectivity index (χ3v) is 3.14. The molecule has 0 saturated carbocycles. The molecule has 1 amide bonds. The van der Waals surface area contributed by atoms with Gasteiger partial charge in [-0.15, -0.1) is 11.3 Å². The van der Waals surface area contributed by atoms with Gasteiger partial charge in [-0.05, 0) is 31.2 Å². The number of amides is 1. The fourth-order valence-corrected chi connectivity index (χ4v) is 2.09. The van der Waals surface area contributed by atoms with Crippen LogP contribution in [0.25, 0.3) is 0 Å². The molecule has 92 valence electrons. The van der Waals surface area contributed by atoms with Crippen LogP contribution in [0.15, 0.2) is 29.3 Å². The van der Waals surface area contributed by atoms with Gasteiger partial charge >= 0.3 is 5.97 Å². The molecule has 0 aliphatic carbocycles. The number of hydrogen-bond donors (Lipinski definition) is 2. The highest BCUT2D eigenvalue weighted by molar-refractivity contribution is 7.09. The first kappa shape index (κ1) is 13.4. The average molecular weight is 253 g/mol. The van der Waals surface area contributed by atoms with Crippen molar-refractivity contribution in [3.05, 3.63) is 34.2 Å². The molecule has 1 heterocycles. The molecule has 2 N–H and O–H groups in total. The van der Waals surface area contributed by atoms with Gasteiger partial charge in [0, 0.05) is 11.3 Å². The minimum Gasteiger partial charge on any atom is -0.477 e. The number of carbonyl (C=O) groups excluding carboxylic acids is 1. The minimum atomic E-state index is -1.11. The van der Waals surface area contributed by atoms with E-state index in [2.05, 4.69) is 5.32 Å². The molecule has 0 aliphatic heterocycles. The van der Waals surface area contributed by atoms with Crippen molar-refractivity contribution < 1.29 is 14.7 Å². The number of aryl methyl sites for hydroxylation is 1. The largest absolute Gasteiger partial charge is 0.477 e. The van der Waals surface area contributed by atoms with Gasteiger partial charge in [0.2, 0.25) is 5.91 Å². The normalized spacial score (nSPS) is 11.2. The Morgan fingerprint density at radius 1 is 1.53 bits per heavy atom. The summed E-state index contributed by atoms with van der Waals surface area (Å²) in [5.41, 5.74) is -0.0638. The highest BCUT2D eigenvalue weighted by Crippen LogP contribution is 2.11. The lowest BCUT2D eigenvalue weighted by molar-refractivity contribution is -0.134. The molecule has 1 rings (SSSR count). The Morgan fingerprint density at radius 3 is 2.82 bits per heavy atom. The number of allylic oxidation sites excluding steroid dienone is 1. The predicted molar refractivity (Wildman–Crippen MR) is 66.8 cm³/mol. The molecule has 0 spiro atoms. The van der Waals surface area contributed by atoms with Crippen molar-refractivity contribution in [2.75, 3.05) is 0 Å². The van der Waals surface area contributed by atoms with Crippen LogP contribution in [-0.2, 0) is 16.0 Å². The predicted octanol–water partition coefficient (Wildman–Crippen LogP) is 2.18. The molecule has 1 aromatic heterocycles. The summed E-state index contributed by atoms with van der Waals surface area (Å²) >= 11 is 1.66. The Labute approximate surface area is 104 Å². The SMILES string of the molecule is CC=C(NC(=O)CCCc1cccs1)C(=O)O. The second kappa shape index (κ2) is 6.85. The molecule has 0 unspecified atom stereocenters. The maximum absolute atomic E-state index is 11.4. The van der Waals surface area contributed by atoms with Gasteiger partial charge in [0.1, 0.15) is 5.70 Å². The summed E-state index contributed by atoms with van der Waals surface area (Å²) in [5.74, 6) is -1.36. The van der Waals surface area contributed by atoms with Crippen molar-refractivity contribution in [1.82, 2.24) is 5.32 Å². The molecule has 0 atom stereocenters. The van der Waals surface area contributed by atoms with Crippen molar-refractivity contribution in [2.24, 2.45) is 0 Å². The molecular weight excluding hydrogens is 238 g/mol. The van der Waals surface area contributed by atoms with E-state index in [1.807, 2.05) is 17.5 Å². The minimum absolute atomic E-state index is 0.0638. The van der Waals surface area contributed by atoms with Crippen molar-refractivity contribution in [3.8, 4) is 0 Å². The number of thiophene rings is 1. The fraction of sp³-hybridized carbons (Fsp3) is 0.333. The van der Waals surface area contributed by atoms with Crippen molar-refractivity contribution >= 4 is 23.2 Å². The summed E-state index contributed by atoms with van der Waals surface area (Å²) in [4.78, 5) is 23.3. The van der Waals surface area contributed by atoms with Crippen LogP contribution in [0.4, 0.5) is 0 Å². The number of carbonyl (C=O) groups is 2. The monoisotopic (exact) mass is 253 g/mol. The van der Waals surface area contributed by atoms with E-state index in [1.54, 1.807) is 18.3 Å². The van der Waals surface area contributed by atoms with Gasteiger partial charge in [0.25, 0.3) is 0 Å². The van der Waals surface area contributed by atoms with E-state index in [0.717, 1.165) is 12.8 Å². The van der Waals surface area contributed by atoms with Crippen LogP contribution < -0.4 is 5.32 Å². The highest BCUT2D eigenvalue weighted by atomic mass is 32.1. The highest BCUT2D eigenvalue weighted by Gasteiger charge is 2.09. The zero-order valence-electron chi connectivity index (χ0n) is 9.60. The van der Waals surface area contributed by atoms with Gasteiger partial charge in [-0.1, -0.05) is 12.1 Å². The van der Waals surface area contributed by atoms with Crippen LogP contribution in [0, 0.1) is 0 Å². The van der Waals surface area contributed by atoms with Crippen molar-refractivity contribution in [3.63, 3.8) is 0 Å². The molecule has 0 fully saturated rings.